The van der Waals surface area contributed by atoms with E-state index >= 15 is 0 Å². The Balaban J connectivity index is 1.71. The molecule has 0 radical (unpaired) electrons. The number of anilines is 1. The lowest BCUT2D eigenvalue weighted by Crippen LogP contribution is -2.20. The van der Waals surface area contributed by atoms with E-state index in [1.807, 2.05) is 0 Å². The van der Waals surface area contributed by atoms with Crippen molar-refractivity contribution in [3.8, 4) is 11.6 Å². The van der Waals surface area contributed by atoms with Gasteiger partial charge in [0.05, 0.1) is 22.7 Å². The third-order valence-corrected chi connectivity index (χ3v) is 4.59. The molecular formula is C16H13ClFN5O3S. The summed E-state index contributed by atoms with van der Waals surface area (Å²) in [5, 5.41) is 11.0. The summed E-state index contributed by atoms with van der Waals surface area (Å²) < 4.78 is 19.8. The molecule has 3 rings (SSSR count). The lowest BCUT2D eigenvalue weighted by molar-refractivity contribution is -0.118. The van der Waals surface area contributed by atoms with Gasteiger partial charge in [0, 0.05) is 0 Å². The van der Waals surface area contributed by atoms with Crippen molar-refractivity contribution in [1.82, 2.24) is 14.8 Å². The number of furan rings is 1. The first-order valence-electron chi connectivity index (χ1n) is 7.57. The molecule has 0 aliphatic rings. The van der Waals surface area contributed by atoms with Crippen LogP contribution in [0.4, 0.5) is 10.1 Å². The van der Waals surface area contributed by atoms with Gasteiger partial charge in [-0.05, 0) is 30.3 Å². The van der Waals surface area contributed by atoms with Crippen molar-refractivity contribution in [2.24, 2.45) is 5.73 Å². The zero-order valence-corrected chi connectivity index (χ0v) is 15.3. The highest BCUT2D eigenvalue weighted by molar-refractivity contribution is 7.99. The van der Waals surface area contributed by atoms with Crippen molar-refractivity contribution in [3.63, 3.8) is 0 Å². The molecule has 2 aromatic heterocycles. The van der Waals surface area contributed by atoms with Gasteiger partial charge < -0.3 is 15.5 Å². The van der Waals surface area contributed by atoms with E-state index in [-0.39, 0.29) is 23.2 Å². The fourth-order valence-corrected chi connectivity index (χ4v) is 3.14. The van der Waals surface area contributed by atoms with Crippen LogP contribution < -0.4 is 11.1 Å². The first-order valence-corrected chi connectivity index (χ1v) is 8.93. The predicted molar refractivity (Wildman–Crippen MR) is 97.7 cm³/mol. The molecule has 0 saturated carbocycles. The van der Waals surface area contributed by atoms with Crippen LogP contribution in [0.2, 0.25) is 5.02 Å². The number of thioether (sulfide) groups is 1. The van der Waals surface area contributed by atoms with Gasteiger partial charge in [-0.15, -0.1) is 10.2 Å². The van der Waals surface area contributed by atoms with Crippen LogP contribution in [0, 0.1) is 5.82 Å². The molecule has 140 valence electrons. The lowest BCUT2D eigenvalue weighted by atomic mass is 10.3. The van der Waals surface area contributed by atoms with Crippen LogP contribution in [0.5, 0.6) is 0 Å². The first-order chi connectivity index (χ1) is 12.9. The number of amides is 2. The zero-order valence-electron chi connectivity index (χ0n) is 13.7. The minimum Gasteiger partial charge on any atom is -0.461 e. The molecule has 0 bridgehead atoms. The van der Waals surface area contributed by atoms with E-state index in [0.717, 1.165) is 17.8 Å². The number of nitrogens with zero attached hydrogens (tertiary/aromatic N) is 3. The van der Waals surface area contributed by atoms with Crippen molar-refractivity contribution in [1.29, 1.82) is 0 Å². The number of carbonyl (C=O) groups is 2. The standard InChI is InChI=1S/C16H13ClFN5O3S/c17-10-6-9(18)3-4-11(10)20-14(25)8-27-16-22-21-15(12-2-1-5-26-12)23(16)7-13(19)24/h1-6H,7-8H2,(H2,19,24)(H,20,25). The Morgan fingerprint density at radius 2 is 2.15 bits per heavy atom. The minimum atomic E-state index is -0.591. The van der Waals surface area contributed by atoms with E-state index in [1.165, 1.54) is 23.0 Å². The second kappa shape index (κ2) is 8.23. The molecular weight excluding hydrogens is 397 g/mol. The number of hydrogen-bond donors (Lipinski definition) is 2. The van der Waals surface area contributed by atoms with Crippen molar-refractivity contribution in [2.75, 3.05) is 11.1 Å². The smallest absolute Gasteiger partial charge is 0.237 e. The van der Waals surface area contributed by atoms with Crippen LogP contribution in [0.1, 0.15) is 0 Å². The van der Waals surface area contributed by atoms with Crippen LogP contribution in [-0.2, 0) is 16.1 Å². The van der Waals surface area contributed by atoms with Gasteiger partial charge in [-0.3, -0.25) is 14.2 Å². The fraction of sp³-hybridized carbons (Fsp3) is 0.125. The Hall–Kier alpha value is -2.85. The van der Waals surface area contributed by atoms with Crippen LogP contribution >= 0.6 is 23.4 Å². The van der Waals surface area contributed by atoms with E-state index < -0.39 is 11.7 Å². The van der Waals surface area contributed by atoms with E-state index in [9.17, 15) is 14.0 Å². The summed E-state index contributed by atoms with van der Waals surface area (Å²) in [6.07, 6.45) is 1.46. The maximum Gasteiger partial charge on any atom is 0.237 e. The van der Waals surface area contributed by atoms with Gasteiger partial charge in [0.25, 0.3) is 0 Å². The summed E-state index contributed by atoms with van der Waals surface area (Å²) in [5.74, 6) is -0.782. The Morgan fingerprint density at radius 1 is 1.33 bits per heavy atom. The molecule has 0 saturated heterocycles. The van der Waals surface area contributed by atoms with Crippen LogP contribution in [0.25, 0.3) is 11.6 Å². The van der Waals surface area contributed by atoms with Gasteiger partial charge in [-0.2, -0.15) is 0 Å². The van der Waals surface area contributed by atoms with Crippen molar-refractivity contribution in [3.05, 3.63) is 47.4 Å². The largest absolute Gasteiger partial charge is 0.461 e. The van der Waals surface area contributed by atoms with E-state index in [4.69, 9.17) is 21.8 Å². The van der Waals surface area contributed by atoms with Gasteiger partial charge in [0.1, 0.15) is 12.4 Å². The molecule has 0 aliphatic carbocycles. The van der Waals surface area contributed by atoms with Crippen LogP contribution in [0.15, 0.2) is 46.2 Å². The number of halogens is 2. The number of hydrogen-bond acceptors (Lipinski definition) is 6. The van der Waals surface area contributed by atoms with Gasteiger partial charge >= 0.3 is 0 Å². The summed E-state index contributed by atoms with van der Waals surface area (Å²) in [5.41, 5.74) is 5.57. The number of nitrogens with two attached hydrogens (primary N) is 1. The maximum absolute atomic E-state index is 13.1. The molecule has 0 fully saturated rings. The number of primary amides is 1. The Bertz CT molecular complexity index is 977. The lowest BCUT2D eigenvalue weighted by Gasteiger charge is -2.08. The Kier molecular flexibility index (Phi) is 5.77. The molecule has 0 unspecified atom stereocenters. The summed E-state index contributed by atoms with van der Waals surface area (Å²) >= 11 is 6.94. The van der Waals surface area contributed by atoms with Gasteiger partial charge in [-0.25, -0.2) is 4.39 Å². The number of carbonyl (C=O) groups excluding carboxylic acids is 2. The summed E-state index contributed by atoms with van der Waals surface area (Å²) in [6, 6.07) is 6.99. The minimum absolute atomic E-state index is 0.0389. The first kappa shape index (κ1) is 18.9. The third-order valence-electron chi connectivity index (χ3n) is 3.31. The van der Waals surface area contributed by atoms with Gasteiger partial charge in [-0.1, -0.05) is 23.4 Å². The fourth-order valence-electron chi connectivity index (χ4n) is 2.19. The Labute approximate surface area is 161 Å². The van der Waals surface area contributed by atoms with E-state index in [0.29, 0.717) is 22.4 Å². The van der Waals surface area contributed by atoms with Gasteiger partial charge in [0.2, 0.25) is 17.6 Å². The monoisotopic (exact) mass is 409 g/mol. The number of rotatable bonds is 7. The van der Waals surface area contributed by atoms with Crippen LogP contribution in [-0.4, -0.2) is 32.3 Å². The van der Waals surface area contributed by atoms with Crippen molar-refractivity contribution < 1.29 is 18.4 Å². The second-order valence-electron chi connectivity index (χ2n) is 5.30. The van der Waals surface area contributed by atoms with Crippen molar-refractivity contribution in [2.45, 2.75) is 11.7 Å². The number of aromatic nitrogens is 3. The number of nitrogens with one attached hydrogen (secondary N) is 1. The highest BCUT2D eigenvalue weighted by Gasteiger charge is 2.19. The summed E-state index contributed by atoms with van der Waals surface area (Å²) in [7, 11) is 0. The van der Waals surface area contributed by atoms with E-state index in [2.05, 4.69) is 15.5 Å². The Morgan fingerprint density at radius 3 is 2.81 bits per heavy atom. The quantitative estimate of drug-likeness (QED) is 0.579. The van der Waals surface area contributed by atoms with Gasteiger partial charge in [0.15, 0.2) is 10.9 Å². The average molecular weight is 410 g/mol. The van der Waals surface area contributed by atoms with Crippen LogP contribution in [0.3, 0.4) is 0 Å². The highest BCUT2D eigenvalue weighted by Crippen LogP contribution is 2.26. The molecule has 0 atom stereocenters. The molecule has 2 heterocycles. The third kappa shape index (κ3) is 4.66. The number of benzene rings is 1. The average Bonchev–Trinajstić information content (AvgIpc) is 3.25. The molecule has 11 heteroatoms. The molecule has 1 aromatic carbocycles. The molecule has 3 aromatic rings. The van der Waals surface area contributed by atoms with Crippen molar-refractivity contribution >= 4 is 40.9 Å². The normalized spacial score (nSPS) is 10.7. The molecule has 3 N–H and O–H groups in total. The zero-order chi connectivity index (χ0) is 19.4. The molecule has 27 heavy (non-hydrogen) atoms. The molecule has 8 nitrogen and oxygen atoms in total. The second-order valence-corrected chi connectivity index (χ2v) is 6.65. The topological polar surface area (TPSA) is 116 Å². The predicted octanol–water partition coefficient (Wildman–Crippen LogP) is 2.55. The van der Waals surface area contributed by atoms with E-state index in [1.54, 1.807) is 12.1 Å². The highest BCUT2D eigenvalue weighted by atomic mass is 35.5. The summed E-state index contributed by atoms with van der Waals surface area (Å²) in [6.45, 7) is -0.170. The molecule has 2 amide bonds. The maximum atomic E-state index is 13.1. The molecule has 0 spiro atoms. The summed E-state index contributed by atoms with van der Waals surface area (Å²) in [4.78, 5) is 23.5. The molecule has 0 aliphatic heterocycles. The SMILES string of the molecule is NC(=O)Cn1c(SCC(=O)Nc2ccc(F)cc2Cl)nnc1-c1ccco1.